The van der Waals surface area contributed by atoms with Crippen molar-refractivity contribution in [1.82, 2.24) is 0 Å². The zero-order chi connectivity index (χ0) is 15.4. The van der Waals surface area contributed by atoms with Crippen LogP contribution in [0, 0.1) is 17.5 Å². The van der Waals surface area contributed by atoms with E-state index in [0.29, 0.717) is 25.0 Å². The topological polar surface area (TPSA) is 35.5 Å². The van der Waals surface area contributed by atoms with Crippen LogP contribution in [-0.2, 0) is 9.53 Å². The molecular formula is C15H15F3O3. The van der Waals surface area contributed by atoms with E-state index in [1.807, 2.05) is 6.92 Å². The number of esters is 1. The fraction of sp³-hybridized carbons (Fsp3) is 0.400. The molecular weight excluding hydrogens is 285 g/mol. The lowest BCUT2D eigenvalue weighted by Crippen LogP contribution is -2.29. The predicted molar refractivity (Wildman–Crippen MR) is 69.0 cm³/mol. The predicted octanol–water partition coefficient (Wildman–Crippen LogP) is 3.87. The van der Waals surface area contributed by atoms with Crippen LogP contribution >= 0.6 is 0 Å². The fourth-order valence-corrected chi connectivity index (χ4v) is 2.07. The van der Waals surface area contributed by atoms with Gasteiger partial charge in [0.25, 0.3) is 0 Å². The van der Waals surface area contributed by atoms with E-state index in [0.717, 1.165) is 18.4 Å². The number of halogens is 3. The van der Waals surface area contributed by atoms with E-state index < -0.39 is 29.5 Å². The third kappa shape index (κ3) is 3.77. The Morgan fingerprint density at radius 3 is 2.52 bits per heavy atom. The van der Waals surface area contributed by atoms with Gasteiger partial charge in [0, 0.05) is 12.1 Å². The van der Waals surface area contributed by atoms with Crippen LogP contribution in [0.15, 0.2) is 24.0 Å². The van der Waals surface area contributed by atoms with E-state index in [2.05, 4.69) is 0 Å². The van der Waals surface area contributed by atoms with Crippen molar-refractivity contribution in [2.24, 2.45) is 0 Å². The molecule has 1 aliphatic rings. The number of benzene rings is 1. The third-order valence-corrected chi connectivity index (χ3v) is 3.14. The number of carbonyl (C=O) groups is 1. The summed E-state index contributed by atoms with van der Waals surface area (Å²) in [6.45, 7) is 2.04. The second-order valence-corrected chi connectivity index (χ2v) is 4.81. The van der Waals surface area contributed by atoms with E-state index in [1.165, 1.54) is 6.26 Å². The van der Waals surface area contributed by atoms with Crippen molar-refractivity contribution in [3.63, 3.8) is 0 Å². The average molecular weight is 300 g/mol. The molecule has 0 spiro atoms. The minimum absolute atomic E-state index is 0.386. The zero-order valence-corrected chi connectivity index (χ0v) is 11.5. The molecule has 0 amide bonds. The molecule has 0 N–H and O–H groups in total. The van der Waals surface area contributed by atoms with Crippen LogP contribution in [-0.4, -0.2) is 12.1 Å². The number of ether oxygens (including phenoxy) is 2. The molecule has 1 heterocycles. The lowest BCUT2D eigenvalue weighted by Gasteiger charge is -2.21. The summed E-state index contributed by atoms with van der Waals surface area (Å²) in [5.41, 5.74) is 1.11. The Balaban J connectivity index is 2.00. The van der Waals surface area contributed by atoms with Crippen LogP contribution in [0.3, 0.4) is 0 Å². The average Bonchev–Trinajstić information content (AvgIpc) is 2.45. The first-order valence-electron chi connectivity index (χ1n) is 6.71. The van der Waals surface area contributed by atoms with Gasteiger partial charge in [-0.25, -0.2) is 18.0 Å². The summed E-state index contributed by atoms with van der Waals surface area (Å²) < 4.78 is 48.9. The SMILES string of the molecule is CCCC1=COC(C(=O)Oc2cc(F)c(F)c(F)c2)CC1. The summed E-state index contributed by atoms with van der Waals surface area (Å²) >= 11 is 0. The van der Waals surface area contributed by atoms with Crippen LogP contribution in [0.1, 0.15) is 32.6 Å². The van der Waals surface area contributed by atoms with Crippen molar-refractivity contribution in [3.8, 4) is 5.75 Å². The molecule has 114 valence electrons. The van der Waals surface area contributed by atoms with Crippen molar-refractivity contribution in [3.05, 3.63) is 41.4 Å². The Morgan fingerprint density at radius 2 is 2.00 bits per heavy atom. The number of carbonyl (C=O) groups excluding carboxylic acids is 1. The molecule has 3 nitrogen and oxygen atoms in total. The van der Waals surface area contributed by atoms with Gasteiger partial charge >= 0.3 is 5.97 Å². The van der Waals surface area contributed by atoms with Crippen LogP contribution in [0.2, 0.25) is 0 Å². The second kappa shape index (κ2) is 6.65. The first kappa shape index (κ1) is 15.4. The van der Waals surface area contributed by atoms with Gasteiger partial charge < -0.3 is 9.47 Å². The highest BCUT2D eigenvalue weighted by molar-refractivity contribution is 5.77. The first-order valence-corrected chi connectivity index (χ1v) is 6.71. The van der Waals surface area contributed by atoms with Gasteiger partial charge in [-0.1, -0.05) is 13.3 Å². The monoisotopic (exact) mass is 300 g/mol. The molecule has 1 aliphatic heterocycles. The van der Waals surface area contributed by atoms with E-state index >= 15 is 0 Å². The van der Waals surface area contributed by atoms with Crippen LogP contribution in [0.5, 0.6) is 5.75 Å². The lowest BCUT2D eigenvalue weighted by atomic mass is 10.0. The molecule has 0 aromatic heterocycles. The smallest absolute Gasteiger partial charge is 0.352 e. The molecule has 0 aliphatic carbocycles. The Kier molecular flexibility index (Phi) is 4.88. The maximum Gasteiger partial charge on any atom is 0.352 e. The van der Waals surface area contributed by atoms with Crippen LogP contribution < -0.4 is 4.74 Å². The van der Waals surface area contributed by atoms with Crippen molar-refractivity contribution < 1.29 is 27.4 Å². The van der Waals surface area contributed by atoms with Crippen LogP contribution in [0.4, 0.5) is 13.2 Å². The molecule has 1 aromatic rings. The van der Waals surface area contributed by atoms with E-state index in [4.69, 9.17) is 9.47 Å². The van der Waals surface area contributed by atoms with E-state index in [-0.39, 0.29) is 5.75 Å². The number of allylic oxidation sites excluding steroid dienone is 1. The molecule has 0 radical (unpaired) electrons. The molecule has 6 heteroatoms. The van der Waals surface area contributed by atoms with Gasteiger partial charge in [-0.15, -0.1) is 0 Å². The Morgan fingerprint density at radius 1 is 1.33 bits per heavy atom. The maximum absolute atomic E-state index is 13.0. The number of hydrogen-bond acceptors (Lipinski definition) is 3. The summed E-state index contributed by atoms with van der Waals surface area (Å²) in [7, 11) is 0. The van der Waals surface area contributed by atoms with E-state index in [1.54, 1.807) is 0 Å². The molecule has 0 saturated heterocycles. The number of rotatable bonds is 4. The van der Waals surface area contributed by atoms with Gasteiger partial charge in [-0.05, 0) is 24.8 Å². The molecule has 0 bridgehead atoms. The summed E-state index contributed by atoms with van der Waals surface area (Å²) in [4.78, 5) is 11.8. The standard InChI is InChI=1S/C15H15F3O3/c1-2-3-9-4-5-13(20-8-9)15(19)21-10-6-11(16)14(18)12(17)7-10/h6-8,13H,2-5H2,1H3. The lowest BCUT2D eigenvalue weighted by molar-refractivity contribution is -0.145. The minimum atomic E-state index is -1.60. The first-order chi connectivity index (χ1) is 10.0. The Labute approximate surface area is 120 Å². The van der Waals surface area contributed by atoms with Gasteiger partial charge in [0.1, 0.15) is 5.75 Å². The van der Waals surface area contributed by atoms with Gasteiger partial charge in [0.05, 0.1) is 6.26 Å². The van der Waals surface area contributed by atoms with Gasteiger partial charge in [0.2, 0.25) is 0 Å². The van der Waals surface area contributed by atoms with Gasteiger partial charge in [0.15, 0.2) is 23.6 Å². The summed E-state index contributed by atoms with van der Waals surface area (Å²) in [5.74, 6) is -5.56. The van der Waals surface area contributed by atoms with E-state index in [9.17, 15) is 18.0 Å². The number of hydrogen-bond donors (Lipinski definition) is 0. The zero-order valence-electron chi connectivity index (χ0n) is 11.5. The molecule has 0 saturated carbocycles. The molecule has 21 heavy (non-hydrogen) atoms. The molecule has 1 unspecified atom stereocenters. The third-order valence-electron chi connectivity index (χ3n) is 3.14. The van der Waals surface area contributed by atoms with Crippen molar-refractivity contribution in [2.75, 3.05) is 0 Å². The highest BCUT2D eigenvalue weighted by Gasteiger charge is 2.25. The largest absolute Gasteiger partial charge is 0.486 e. The molecule has 1 aromatic carbocycles. The molecule has 0 fully saturated rings. The molecule has 1 atom stereocenters. The summed E-state index contributed by atoms with van der Waals surface area (Å²) in [6.07, 6.45) is 3.75. The quantitative estimate of drug-likeness (QED) is 0.481. The van der Waals surface area contributed by atoms with Crippen molar-refractivity contribution in [1.29, 1.82) is 0 Å². The van der Waals surface area contributed by atoms with Gasteiger partial charge in [-0.3, -0.25) is 0 Å². The van der Waals surface area contributed by atoms with Crippen LogP contribution in [0.25, 0.3) is 0 Å². The normalized spacial score (nSPS) is 17.9. The Hall–Kier alpha value is -1.98. The summed E-state index contributed by atoms with van der Waals surface area (Å²) in [6, 6.07) is 1.25. The minimum Gasteiger partial charge on any atom is -0.486 e. The van der Waals surface area contributed by atoms with Crippen molar-refractivity contribution >= 4 is 5.97 Å². The van der Waals surface area contributed by atoms with Gasteiger partial charge in [-0.2, -0.15) is 0 Å². The highest BCUT2D eigenvalue weighted by atomic mass is 19.2. The molecule has 2 rings (SSSR count). The van der Waals surface area contributed by atoms with Crippen molar-refractivity contribution in [2.45, 2.75) is 38.7 Å². The summed E-state index contributed by atoms with van der Waals surface area (Å²) in [5, 5.41) is 0. The highest BCUT2D eigenvalue weighted by Crippen LogP contribution is 2.24. The fourth-order valence-electron chi connectivity index (χ4n) is 2.07. The second-order valence-electron chi connectivity index (χ2n) is 4.81. The maximum atomic E-state index is 13.0. The Bertz CT molecular complexity index is 546.